The van der Waals surface area contributed by atoms with Gasteiger partial charge in [-0.3, -0.25) is 0 Å². The van der Waals surface area contributed by atoms with Gasteiger partial charge in [-0.2, -0.15) is 0 Å². The molecule has 2 N–H and O–H groups in total. The molecular weight excluding hydrogens is 280 g/mol. The highest BCUT2D eigenvalue weighted by Crippen LogP contribution is 2.32. The lowest BCUT2D eigenvalue weighted by molar-refractivity contribution is 0.182. The van der Waals surface area contributed by atoms with E-state index >= 15 is 0 Å². The summed E-state index contributed by atoms with van der Waals surface area (Å²) in [5.41, 5.74) is 2.21. The third-order valence-electron chi connectivity index (χ3n) is 3.90. The van der Waals surface area contributed by atoms with Crippen LogP contribution in [0.15, 0.2) is 18.2 Å². The number of amides is 2. The van der Waals surface area contributed by atoms with Crippen LogP contribution in [0.25, 0.3) is 0 Å². The number of urea groups is 1. The van der Waals surface area contributed by atoms with Gasteiger partial charge < -0.3 is 20.1 Å². The zero-order chi connectivity index (χ0) is 15.9. The Labute approximate surface area is 132 Å². The summed E-state index contributed by atoms with van der Waals surface area (Å²) in [6.07, 6.45) is 2.61. The topological polar surface area (TPSA) is 61.8 Å². The highest BCUT2D eigenvalue weighted by atomic mass is 16.5. The van der Waals surface area contributed by atoms with Gasteiger partial charge in [-0.25, -0.2) is 4.79 Å². The van der Waals surface area contributed by atoms with Crippen molar-refractivity contribution < 1.29 is 14.6 Å². The smallest absolute Gasteiger partial charge is 0.318 e. The standard InChI is InChI=1S/C17H26N2O3/c1-3-4-8-19(9-5-10-20)17(21)18-15-12-22-16-7-6-13(2)11-14(15)16/h6-7,11,15,20H,3-5,8-10,12H2,1-2H3,(H,18,21). The van der Waals surface area contributed by atoms with E-state index in [0.717, 1.165) is 36.3 Å². The van der Waals surface area contributed by atoms with Crippen molar-refractivity contribution in [2.24, 2.45) is 0 Å². The lowest BCUT2D eigenvalue weighted by Crippen LogP contribution is -2.43. The van der Waals surface area contributed by atoms with Gasteiger partial charge >= 0.3 is 6.03 Å². The summed E-state index contributed by atoms with van der Waals surface area (Å²) in [6, 6.07) is 5.86. The minimum Gasteiger partial charge on any atom is -0.491 e. The van der Waals surface area contributed by atoms with Crippen LogP contribution in [0.3, 0.4) is 0 Å². The first-order valence-electron chi connectivity index (χ1n) is 8.05. The number of unbranched alkanes of at least 4 members (excludes halogenated alkanes) is 1. The van der Waals surface area contributed by atoms with Gasteiger partial charge in [0.25, 0.3) is 0 Å². The number of rotatable bonds is 7. The van der Waals surface area contributed by atoms with Crippen molar-refractivity contribution in [3.05, 3.63) is 29.3 Å². The Morgan fingerprint density at radius 2 is 2.18 bits per heavy atom. The molecule has 1 unspecified atom stereocenters. The summed E-state index contributed by atoms with van der Waals surface area (Å²) in [6.45, 7) is 6.02. The maximum atomic E-state index is 12.5. The fraction of sp³-hybridized carbons (Fsp3) is 0.588. The maximum absolute atomic E-state index is 12.5. The molecule has 0 spiro atoms. The van der Waals surface area contributed by atoms with Crippen LogP contribution < -0.4 is 10.1 Å². The van der Waals surface area contributed by atoms with Gasteiger partial charge in [-0.05, 0) is 25.8 Å². The van der Waals surface area contributed by atoms with Crippen molar-refractivity contribution >= 4 is 6.03 Å². The van der Waals surface area contributed by atoms with E-state index < -0.39 is 0 Å². The fourth-order valence-electron chi connectivity index (χ4n) is 2.62. The van der Waals surface area contributed by atoms with E-state index in [0.29, 0.717) is 19.6 Å². The van der Waals surface area contributed by atoms with E-state index in [1.165, 1.54) is 0 Å². The highest BCUT2D eigenvalue weighted by Gasteiger charge is 2.27. The van der Waals surface area contributed by atoms with Gasteiger partial charge in [0.05, 0.1) is 6.04 Å². The number of nitrogens with one attached hydrogen (secondary N) is 1. The number of nitrogens with zero attached hydrogens (tertiary/aromatic N) is 1. The van der Waals surface area contributed by atoms with E-state index in [1.807, 2.05) is 19.1 Å². The molecule has 5 nitrogen and oxygen atoms in total. The quantitative estimate of drug-likeness (QED) is 0.814. The number of fused-ring (bicyclic) bond motifs is 1. The molecule has 2 amide bonds. The molecule has 0 bridgehead atoms. The first-order valence-corrected chi connectivity index (χ1v) is 8.05. The Balaban J connectivity index is 1.99. The number of aliphatic hydroxyl groups excluding tert-OH is 1. The Hall–Kier alpha value is -1.75. The lowest BCUT2D eigenvalue weighted by Gasteiger charge is -2.24. The van der Waals surface area contributed by atoms with Crippen LogP contribution in [0, 0.1) is 6.92 Å². The molecule has 0 aromatic heterocycles. The predicted octanol–water partition coefficient (Wildman–Crippen LogP) is 2.62. The third kappa shape index (κ3) is 4.13. The number of benzene rings is 1. The molecule has 2 rings (SSSR count). The SMILES string of the molecule is CCCCN(CCCO)C(=O)NC1COc2ccc(C)cc21. The number of aryl methyl sites for hydroxylation is 1. The van der Waals surface area contributed by atoms with Crippen LogP contribution in [-0.4, -0.2) is 42.3 Å². The number of carbonyl (C=O) groups is 1. The number of ether oxygens (including phenoxy) is 1. The summed E-state index contributed by atoms with van der Waals surface area (Å²) < 4.78 is 5.64. The van der Waals surface area contributed by atoms with E-state index in [-0.39, 0.29) is 18.7 Å². The normalized spacial score (nSPS) is 16.0. The zero-order valence-electron chi connectivity index (χ0n) is 13.5. The average Bonchev–Trinajstić information content (AvgIpc) is 2.89. The van der Waals surface area contributed by atoms with Crippen molar-refractivity contribution in [3.63, 3.8) is 0 Å². The van der Waals surface area contributed by atoms with E-state index in [1.54, 1.807) is 4.90 Å². The largest absolute Gasteiger partial charge is 0.491 e. The number of hydrogen-bond acceptors (Lipinski definition) is 3. The van der Waals surface area contributed by atoms with Gasteiger partial charge in [0, 0.05) is 25.3 Å². The summed E-state index contributed by atoms with van der Waals surface area (Å²) >= 11 is 0. The molecule has 122 valence electrons. The Morgan fingerprint density at radius 1 is 1.41 bits per heavy atom. The van der Waals surface area contributed by atoms with Crippen LogP contribution in [0.1, 0.15) is 43.4 Å². The van der Waals surface area contributed by atoms with Crippen LogP contribution >= 0.6 is 0 Å². The second-order valence-corrected chi connectivity index (χ2v) is 5.77. The number of carbonyl (C=O) groups excluding carboxylic acids is 1. The Morgan fingerprint density at radius 3 is 2.91 bits per heavy atom. The van der Waals surface area contributed by atoms with Crippen molar-refractivity contribution in [3.8, 4) is 5.75 Å². The Kier molecular flexibility index (Phi) is 6.07. The molecule has 0 fully saturated rings. The molecule has 1 aliphatic rings. The summed E-state index contributed by atoms with van der Waals surface area (Å²) in [5.74, 6) is 0.853. The van der Waals surface area contributed by atoms with Gasteiger partial charge in [0.15, 0.2) is 0 Å². The lowest BCUT2D eigenvalue weighted by atomic mass is 10.1. The van der Waals surface area contributed by atoms with E-state index in [2.05, 4.69) is 18.3 Å². The molecule has 1 aromatic carbocycles. The van der Waals surface area contributed by atoms with Crippen LogP contribution in [-0.2, 0) is 0 Å². The minimum absolute atomic E-state index is 0.0788. The second kappa shape index (κ2) is 8.03. The number of hydrogen-bond donors (Lipinski definition) is 2. The van der Waals surface area contributed by atoms with Crippen LogP contribution in [0.2, 0.25) is 0 Å². The molecular formula is C17H26N2O3. The molecule has 1 aliphatic heterocycles. The maximum Gasteiger partial charge on any atom is 0.318 e. The van der Waals surface area contributed by atoms with Crippen molar-refractivity contribution in [2.75, 3.05) is 26.3 Å². The molecule has 1 heterocycles. The van der Waals surface area contributed by atoms with Gasteiger partial charge in [0.1, 0.15) is 12.4 Å². The van der Waals surface area contributed by atoms with E-state index in [4.69, 9.17) is 9.84 Å². The third-order valence-corrected chi connectivity index (χ3v) is 3.90. The van der Waals surface area contributed by atoms with Crippen molar-refractivity contribution in [1.82, 2.24) is 10.2 Å². The van der Waals surface area contributed by atoms with Crippen LogP contribution in [0.4, 0.5) is 4.79 Å². The molecule has 0 saturated carbocycles. The fourth-order valence-corrected chi connectivity index (χ4v) is 2.62. The van der Waals surface area contributed by atoms with Crippen molar-refractivity contribution in [2.45, 2.75) is 39.2 Å². The summed E-state index contributed by atoms with van der Waals surface area (Å²) in [4.78, 5) is 14.3. The first kappa shape index (κ1) is 16.6. The summed E-state index contributed by atoms with van der Waals surface area (Å²) in [7, 11) is 0. The minimum atomic E-state index is -0.0966. The van der Waals surface area contributed by atoms with E-state index in [9.17, 15) is 4.79 Å². The summed E-state index contributed by atoms with van der Waals surface area (Å²) in [5, 5.41) is 12.0. The van der Waals surface area contributed by atoms with Gasteiger partial charge in [0.2, 0.25) is 0 Å². The molecule has 1 atom stereocenters. The highest BCUT2D eigenvalue weighted by molar-refractivity contribution is 5.75. The first-order chi connectivity index (χ1) is 10.7. The number of aliphatic hydroxyl groups is 1. The predicted molar refractivity (Wildman–Crippen MR) is 86.1 cm³/mol. The molecule has 0 radical (unpaired) electrons. The van der Waals surface area contributed by atoms with Gasteiger partial charge in [-0.15, -0.1) is 0 Å². The molecule has 22 heavy (non-hydrogen) atoms. The molecule has 5 heteroatoms. The van der Waals surface area contributed by atoms with Crippen LogP contribution in [0.5, 0.6) is 5.75 Å². The Bertz CT molecular complexity index is 497. The molecule has 1 aromatic rings. The average molecular weight is 306 g/mol. The second-order valence-electron chi connectivity index (χ2n) is 5.77. The zero-order valence-corrected chi connectivity index (χ0v) is 13.5. The van der Waals surface area contributed by atoms with Gasteiger partial charge in [-0.1, -0.05) is 31.0 Å². The monoisotopic (exact) mass is 306 g/mol. The van der Waals surface area contributed by atoms with Crippen molar-refractivity contribution in [1.29, 1.82) is 0 Å². The molecule has 0 aliphatic carbocycles. The molecule has 0 saturated heterocycles.